The van der Waals surface area contributed by atoms with Crippen molar-refractivity contribution in [3.63, 3.8) is 0 Å². The predicted molar refractivity (Wildman–Crippen MR) is 102 cm³/mol. The molecule has 0 aromatic heterocycles. The fraction of sp³-hybridized carbons (Fsp3) is 0.667. The van der Waals surface area contributed by atoms with E-state index in [1.165, 1.54) is 5.56 Å². The number of alkyl halides is 1. The van der Waals surface area contributed by atoms with E-state index in [0.29, 0.717) is 43.7 Å². The largest absolute Gasteiger partial charge is 0.376 e. The molecule has 1 heterocycles. The number of hydrogen-bond donors (Lipinski definition) is 0. The second-order valence-electron chi connectivity index (χ2n) is 7.78. The number of Topliss-reactive ketones (excluding diaryl/α,β-unsaturated/α-hetero) is 1. The van der Waals surface area contributed by atoms with Gasteiger partial charge in [-0.2, -0.15) is 0 Å². The summed E-state index contributed by atoms with van der Waals surface area (Å²) < 4.78 is 18.3. The Morgan fingerprint density at radius 2 is 1.92 bits per heavy atom. The molecule has 1 aromatic rings. The first kappa shape index (κ1) is 18.6. The molecule has 2 aliphatic carbocycles. The van der Waals surface area contributed by atoms with Crippen LogP contribution in [-0.2, 0) is 25.6 Å². The first-order valence-corrected chi connectivity index (χ1v) is 10.7. The van der Waals surface area contributed by atoms with Crippen LogP contribution < -0.4 is 0 Å². The van der Waals surface area contributed by atoms with Crippen molar-refractivity contribution in [2.75, 3.05) is 13.2 Å². The number of hydrogen-bond acceptors (Lipinski definition) is 4. The Kier molecular flexibility index (Phi) is 6.09. The number of ketones is 1. The fourth-order valence-electron chi connectivity index (χ4n) is 4.73. The van der Waals surface area contributed by atoms with Gasteiger partial charge in [-0.15, -0.1) is 0 Å². The minimum Gasteiger partial charge on any atom is -0.376 e. The zero-order chi connectivity index (χ0) is 17.9. The summed E-state index contributed by atoms with van der Waals surface area (Å²) in [6.45, 7) is 2.01. The van der Waals surface area contributed by atoms with Crippen LogP contribution in [0.15, 0.2) is 30.3 Å². The minimum absolute atomic E-state index is 0.0528. The lowest BCUT2D eigenvalue weighted by Gasteiger charge is -2.31. The van der Waals surface area contributed by atoms with Gasteiger partial charge in [0.05, 0.1) is 19.3 Å². The van der Waals surface area contributed by atoms with E-state index in [0.717, 1.165) is 25.9 Å². The standard InChI is InChI=1S/C21H27BrO4/c22-20-17-11-15(23)10-16(17)18(13-24-12-14-6-2-1-3-7-14)21(20)26-19-8-4-5-9-25-19/h1-3,6-7,16-21H,4-5,8-13H2/t16-,17+,18?,19?,20?,21?/m1/s1. The molecule has 26 heavy (non-hydrogen) atoms. The van der Waals surface area contributed by atoms with Gasteiger partial charge in [0.2, 0.25) is 0 Å². The quantitative estimate of drug-likeness (QED) is 0.647. The fourth-order valence-corrected chi connectivity index (χ4v) is 5.82. The van der Waals surface area contributed by atoms with Crippen LogP contribution in [0.4, 0.5) is 0 Å². The van der Waals surface area contributed by atoms with Crippen molar-refractivity contribution in [2.24, 2.45) is 17.8 Å². The number of carbonyl (C=O) groups is 1. The molecule has 0 amide bonds. The highest BCUT2D eigenvalue weighted by molar-refractivity contribution is 9.09. The van der Waals surface area contributed by atoms with Crippen molar-refractivity contribution >= 4 is 21.7 Å². The van der Waals surface area contributed by atoms with Crippen molar-refractivity contribution in [2.45, 2.75) is 55.9 Å². The first-order chi connectivity index (χ1) is 12.7. The Bertz CT molecular complexity index is 601. The third-order valence-electron chi connectivity index (χ3n) is 6.04. The SMILES string of the molecule is O=C1C[C@@H]2C(Br)C(OC3CCCCO3)C(COCc3ccccc3)[C@@H]2C1. The highest BCUT2D eigenvalue weighted by Crippen LogP contribution is 2.51. The van der Waals surface area contributed by atoms with Crippen LogP contribution in [0.3, 0.4) is 0 Å². The van der Waals surface area contributed by atoms with Crippen LogP contribution in [0, 0.1) is 17.8 Å². The topological polar surface area (TPSA) is 44.8 Å². The van der Waals surface area contributed by atoms with E-state index in [1.54, 1.807) is 0 Å². The lowest BCUT2D eigenvalue weighted by Crippen LogP contribution is -2.37. The van der Waals surface area contributed by atoms with E-state index in [-0.39, 0.29) is 23.1 Å². The van der Waals surface area contributed by atoms with E-state index in [2.05, 4.69) is 28.1 Å². The van der Waals surface area contributed by atoms with Crippen LogP contribution >= 0.6 is 15.9 Å². The van der Waals surface area contributed by atoms with Crippen LogP contribution in [0.5, 0.6) is 0 Å². The number of rotatable bonds is 6. The molecule has 0 bridgehead atoms. The average Bonchev–Trinajstić information content (AvgIpc) is 3.15. The molecule has 2 saturated carbocycles. The summed E-state index contributed by atoms with van der Waals surface area (Å²) in [6.07, 6.45) is 4.51. The summed E-state index contributed by atoms with van der Waals surface area (Å²) in [7, 11) is 0. The molecule has 5 heteroatoms. The third-order valence-corrected chi connectivity index (χ3v) is 7.24. The van der Waals surface area contributed by atoms with E-state index in [4.69, 9.17) is 14.2 Å². The molecule has 6 atom stereocenters. The molecule has 1 aromatic carbocycles. The molecule has 3 aliphatic rings. The van der Waals surface area contributed by atoms with Gasteiger partial charge in [0.25, 0.3) is 0 Å². The van der Waals surface area contributed by atoms with Crippen molar-refractivity contribution in [3.8, 4) is 0 Å². The summed E-state index contributed by atoms with van der Waals surface area (Å²) in [5, 5.41) is 0. The van der Waals surface area contributed by atoms with Crippen LogP contribution in [-0.4, -0.2) is 36.2 Å². The van der Waals surface area contributed by atoms with Gasteiger partial charge in [-0.3, -0.25) is 4.79 Å². The van der Waals surface area contributed by atoms with E-state index < -0.39 is 0 Å². The first-order valence-electron chi connectivity index (χ1n) is 9.77. The average molecular weight is 423 g/mol. The molecule has 142 valence electrons. The number of ether oxygens (including phenoxy) is 3. The number of fused-ring (bicyclic) bond motifs is 1. The second-order valence-corrected chi connectivity index (χ2v) is 8.84. The number of halogens is 1. The summed E-state index contributed by atoms with van der Waals surface area (Å²) >= 11 is 3.86. The molecule has 3 fully saturated rings. The molecule has 0 N–H and O–H groups in total. The lowest BCUT2D eigenvalue weighted by molar-refractivity contribution is -0.198. The Balaban J connectivity index is 1.41. The maximum atomic E-state index is 12.0. The molecule has 4 unspecified atom stereocenters. The van der Waals surface area contributed by atoms with Crippen molar-refractivity contribution in [1.82, 2.24) is 0 Å². The molecular weight excluding hydrogens is 396 g/mol. The molecule has 4 rings (SSSR count). The summed E-state index contributed by atoms with van der Waals surface area (Å²) in [6, 6.07) is 10.2. The van der Waals surface area contributed by atoms with Crippen LogP contribution in [0.2, 0.25) is 0 Å². The van der Waals surface area contributed by atoms with Crippen LogP contribution in [0.1, 0.15) is 37.7 Å². The van der Waals surface area contributed by atoms with Gasteiger partial charge >= 0.3 is 0 Å². The van der Waals surface area contributed by atoms with Crippen LogP contribution in [0.25, 0.3) is 0 Å². The molecule has 1 saturated heterocycles. The van der Waals surface area contributed by atoms with E-state index in [9.17, 15) is 4.79 Å². The Morgan fingerprint density at radius 3 is 2.69 bits per heavy atom. The van der Waals surface area contributed by atoms with Gasteiger partial charge in [0.1, 0.15) is 5.78 Å². The smallest absolute Gasteiger partial charge is 0.158 e. The normalized spacial score (nSPS) is 37.0. The van der Waals surface area contributed by atoms with Gasteiger partial charge in [0, 0.05) is 30.2 Å². The highest BCUT2D eigenvalue weighted by Gasteiger charge is 2.54. The summed E-state index contributed by atoms with van der Waals surface area (Å²) in [5.41, 5.74) is 1.17. The Morgan fingerprint density at radius 1 is 1.12 bits per heavy atom. The zero-order valence-corrected chi connectivity index (χ0v) is 16.6. The number of carbonyl (C=O) groups excluding carboxylic acids is 1. The molecule has 4 nitrogen and oxygen atoms in total. The van der Waals surface area contributed by atoms with Crippen molar-refractivity contribution < 1.29 is 19.0 Å². The third kappa shape index (κ3) is 4.06. The van der Waals surface area contributed by atoms with Crippen molar-refractivity contribution in [1.29, 1.82) is 0 Å². The molecular formula is C21H27BrO4. The monoisotopic (exact) mass is 422 g/mol. The highest BCUT2D eigenvalue weighted by atomic mass is 79.9. The van der Waals surface area contributed by atoms with E-state index >= 15 is 0 Å². The summed E-state index contributed by atoms with van der Waals surface area (Å²) in [5.74, 6) is 1.34. The molecule has 0 radical (unpaired) electrons. The van der Waals surface area contributed by atoms with Gasteiger partial charge < -0.3 is 14.2 Å². The van der Waals surface area contributed by atoms with Gasteiger partial charge in [-0.05, 0) is 36.7 Å². The maximum Gasteiger partial charge on any atom is 0.158 e. The van der Waals surface area contributed by atoms with E-state index in [1.807, 2.05) is 18.2 Å². The maximum absolute atomic E-state index is 12.0. The lowest BCUT2D eigenvalue weighted by atomic mass is 9.92. The Hall–Kier alpha value is -0.750. The predicted octanol–water partition coefficient (Wildman–Crippen LogP) is 4.10. The van der Waals surface area contributed by atoms with Gasteiger partial charge in [0.15, 0.2) is 6.29 Å². The summed E-state index contributed by atoms with van der Waals surface area (Å²) in [4.78, 5) is 12.2. The van der Waals surface area contributed by atoms with Gasteiger partial charge in [-0.25, -0.2) is 0 Å². The zero-order valence-electron chi connectivity index (χ0n) is 15.0. The molecule has 1 aliphatic heterocycles. The van der Waals surface area contributed by atoms with Crippen molar-refractivity contribution in [3.05, 3.63) is 35.9 Å². The minimum atomic E-state index is -0.111. The van der Waals surface area contributed by atoms with Gasteiger partial charge in [-0.1, -0.05) is 46.3 Å². The number of benzene rings is 1. The second kappa shape index (κ2) is 8.51. The molecule has 0 spiro atoms. The Labute approximate surface area is 163 Å².